The van der Waals surface area contributed by atoms with Gasteiger partial charge in [-0.3, -0.25) is 4.79 Å². The summed E-state index contributed by atoms with van der Waals surface area (Å²) in [6.45, 7) is 0.0867. The lowest BCUT2D eigenvalue weighted by atomic mass is 10.0. The van der Waals surface area contributed by atoms with E-state index in [9.17, 15) is 9.59 Å². The minimum Gasteiger partial charge on any atom is -0.477 e. The lowest BCUT2D eigenvalue weighted by Crippen LogP contribution is -2.03. The lowest BCUT2D eigenvalue weighted by molar-refractivity contribution is -0.131. The Balaban J connectivity index is 2.23. The molecule has 0 fully saturated rings. The molecule has 0 spiro atoms. The van der Waals surface area contributed by atoms with E-state index in [0.717, 1.165) is 11.8 Å². The van der Waals surface area contributed by atoms with E-state index in [-0.39, 0.29) is 23.2 Å². The van der Waals surface area contributed by atoms with Gasteiger partial charge in [-0.15, -0.1) is 11.8 Å². The molecule has 2 heterocycles. The number of carbonyl (C=O) groups is 2. The van der Waals surface area contributed by atoms with E-state index >= 15 is 0 Å². The zero-order valence-corrected chi connectivity index (χ0v) is 9.95. The Morgan fingerprint density at radius 1 is 1.33 bits per heavy atom. The first-order chi connectivity index (χ1) is 8.66. The number of carboxylic acid groups (broad SMARTS) is 1. The maximum atomic E-state index is 11.9. The van der Waals surface area contributed by atoms with Gasteiger partial charge in [-0.25, -0.2) is 4.79 Å². The fraction of sp³-hybridized carbons (Fsp3) is 0.167. The summed E-state index contributed by atoms with van der Waals surface area (Å²) in [6.07, 6.45) is 1.47. The number of rotatable bonds is 1. The third kappa shape index (κ3) is 1.65. The number of hydrogen-bond donors (Lipinski definition) is 1. The largest absolute Gasteiger partial charge is 0.477 e. The fourth-order valence-electron chi connectivity index (χ4n) is 1.90. The van der Waals surface area contributed by atoms with Gasteiger partial charge in [-0.2, -0.15) is 0 Å². The van der Waals surface area contributed by atoms with Crippen molar-refractivity contribution in [3.63, 3.8) is 0 Å². The molecule has 18 heavy (non-hydrogen) atoms. The highest BCUT2D eigenvalue weighted by atomic mass is 32.2. The van der Waals surface area contributed by atoms with Crippen molar-refractivity contribution in [3.8, 4) is 11.5 Å². The highest BCUT2D eigenvalue weighted by molar-refractivity contribution is 8.04. The number of thioether (sulfide) groups is 1. The van der Waals surface area contributed by atoms with Gasteiger partial charge in [-0.1, -0.05) is 0 Å². The van der Waals surface area contributed by atoms with Crippen LogP contribution in [0.4, 0.5) is 0 Å². The van der Waals surface area contributed by atoms with Crippen LogP contribution < -0.4 is 9.47 Å². The van der Waals surface area contributed by atoms with E-state index < -0.39 is 5.97 Å². The van der Waals surface area contributed by atoms with Crippen molar-refractivity contribution >= 4 is 29.6 Å². The van der Waals surface area contributed by atoms with Crippen LogP contribution in [-0.4, -0.2) is 29.4 Å². The van der Waals surface area contributed by atoms with Gasteiger partial charge in [0.25, 0.3) is 0 Å². The number of ketones is 1. The normalized spacial score (nSPS) is 16.9. The fourth-order valence-corrected chi connectivity index (χ4v) is 2.66. The summed E-state index contributed by atoms with van der Waals surface area (Å²) in [5.74, 6) is -0.0559. The number of fused-ring (bicyclic) bond motifs is 3. The third-order valence-electron chi connectivity index (χ3n) is 2.72. The summed E-state index contributed by atoms with van der Waals surface area (Å²) < 4.78 is 10.5. The molecule has 3 rings (SSSR count). The Kier molecular flexibility index (Phi) is 2.52. The molecule has 1 N–H and O–H groups in total. The SMILES string of the molecule is O=C(O)C1=Cc2c(ccc3c2OCO3)C(=O)CS1. The molecule has 0 saturated carbocycles. The average molecular weight is 264 g/mol. The molecule has 1 aromatic rings. The first-order valence-electron chi connectivity index (χ1n) is 5.20. The quantitative estimate of drug-likeness (QED) is 0.833. The molecule has 92 valence electrons. The summed E-state index contributed by atoms with van der Waals surface area (Å²) in [7, 11) is 0. The van der Waals surface area contributed by atoms with E-state index in [4.69, 9.17) is 14.6 Å². The van der Waals surface area contributed by atoms with Crippen LogP contribution in [0.15, 0.2) is 17.0 Å². The highest BCUT2D eigenvalue weighted by Crippen LogP contribution is 2.41. The van der Waals surface area contributed by atoms with Gasteiger partial charge < -0.3 is 14.6 Å². The number of ether oxygens (including phenoxy) is 2. The minimum absolute atomic E-state index is 0.0867. The Bertz CT molecular complexity index is 590. The molecule has 5 nitrogen and oxygen atoms in total. The Labute approximate surface area is 106 Å². The van der Waals surface area contributed by atoms with Gasteiger partial charge in [-0.05, 0) is 18.2 Å². The number of carbonyl (C=O) groups excluding carboxylic acids is 1. The zero-order valence-electron chi connectivity index (χ0n) is 9.13. The molecule has 1 aromatic carbocycles. The summed E-state index contributed by atoms with van der Waals surface area (Å²) in [6, 6.07) is 3.32. The molecule has 0 radical (unpaired) electrons. The molecule has 6 heteroatoms. The summed E-state index contributed by atoms with van der Waals surface area (Å²) in [5.41, 5.74) is 0.973. The number of Topliss-reactive ketones (excluding diaryl/α,β-unsaturated/α-hetero) is 1. The Morgan fingerprint density at radius 3 is 2.94 bits per heavy atom. The summed E-state index contributed by atoms with van der Waals surface area (Å²) in [4.78, 5) is 23.1. The summed E-state index contributed by atoms with van der Waals surface area (Å²) >= 11 is 1.02. The van der Waals surface area contributed by atoms with Crippen LogP contribution >= 0.6 is 11.8 Å². The zero-order chi connectivity index (χ0) is 12.7. The van der Waals surface area contributed by atoms with Gasteiger partial charge in [0.2, 0.25) is 6.79 Å². The van der Waals surface area contributed by atoms with Gasteiger partial charge in [0, 0.05) is 11.1 Å². The van der Waals surface area contributed by atoms with Crippen LogP contribution in [0.2, 0.25) is 0 Å². The Hall–Kier alpha value is -1.95. The van der Waals surface area contributed by atoms with Crippen LogP contribution in [-0.2, 0) is 4.79 Å². The summed E-state index contributed by atoms with van der Waals surface area (Å²) in [5, 5.41) is 9.05. The van der Waals surface area contributed by atoms with Crippen molar-refractivity contribution in [2.45, 2.75) is 0 Å². The van der Waals surface area contributed by atoms with Crippen LogP contribution in [0.25, 0.3) is 6.08 Å². The standard InChI is InChI=1S/C12H8O5S/c13-8-4-18-10(12(14)15)3-7-6(8)1-2-9-11(7)17-5-16-9/h1-3H,4-5H2,(H,14,15). The lowest BCUT2D eigenvalue weighted by Gasteiger charge is -2.05. The van der Waals surface area contributed by atoms with Gasteiger partial charge in [0.1, 0.15) is 0 Å². The number of benzene rings is 1. The second kappa shape index (κ2) is 4.06. The van der Waals surface area contributed by atoms with Crippen LogP contribution in [0.5, 0.6) is 11.5 Å². The number of aliphatic carboxylic acids is 1. The smallest absolute Gasteiger partial charge is 0.342 e. The predicted octanol–water partition coefficient (Wildman–Crippen LogP) is 1.77. The first kappa shape index (κ1) is 11.2. The van der Waals surface area contributed by atoms with Crippen LogP contribution in [0.3, 0.4) is 0 Å². The van der Waals surface area contributed by atoms with Crippen LogP contribution in [0, 0.1) is 0 Å². The van der Waals surface area contributed by atoms with Gasteiger partial charge >= 0.3 is 5.97 Å². The molecule has 0 aromatic heterocycles. The van der Waals surface area contributed by atoms with Gasteiger partial charge in [0.15, 0.2) is 17.3 Å². The third-order valence-corrected chi connectivity index (χ3v) is 3.73. The molecule has 0 bridgehead atoms. The van der Waals surface area contributed by atoms with E-state index in [1.807, 2.05) is 0 Å². The van der Waals surface area contributed by atoms with Crippen molar-refractivity contribution in [2.75, 3.05) is 12.5 Å². The maximum absolute atomic E-state index is 11.9. The van der Waals surface area contributed by atoms with Gasteiger partial charge in [0.05, 0.1) is 10.7 Å². The van der Waals surface area contributed by atoms with Crippen molar-refractivity contribution < 1.29 is 24.2 Å². The molecule has 0 saturated heterocycles. The molecular weight excluding hydrogens is 256 g/mol. The van der Waals surface area contributed by atoms with Crippen LogP contribution in [0.1, 0.15) is 15.9 Å². The second-order valence-electron chi connectivity index (χ2n) is 3.79. The van der Waals surface area contributed by atoms with Crippen molar-refractivity contribution in [1.29, 1.82) is 0 Å². The van der Waals surface area contributed by atoms with Crippen molar-refractivity contribution in [2.24, 2.45) is 0 Å². The molecule has 0 aliphatic carbocycles. The molecule has 2 aliphatic heterocycles. The topological polar surface area (TPSA) is 72.8 Å². The van der Waals surface area contributed by atoms with Crippen molar-refractivity contribution in [1.82, 2.24) is 0 Å². The average Bonchev–Trinajstić information content (AvgIpc) is 2.75. The van der Waals surface area contributed by atoms with Crippen molar-refractivity contribution in [3.05, 3.63) is 28.2 Å². The molecule has 0 unspecified atom stereocenters. The van der Waals surface area contributed by atoms with E-state index in [1.165, 1.54) is 6.08 Å². The predicted molar refractivity (Wildman–Crippen MR) is 65.0 cm³/mol. The van der Waals surface area contributed by atoms with E-state index in [0.29, 0.717) is 22.6 Å². The molecule has 0 atom stereocenters. The molecule has 0 amide bonds. The monoisotopic (exact) mass is 264 g/mol. The minimum atomic E-state index is -1.04. The molecule has 2 aliphatic rings. The Morgan fingerprint density at radius 2 is 2.17 bits per heavy atom. The highest BCUT2D eigenvalue weighted by Gasteiger charge is 2.26. The molecular formula is C12H8O5S. The number of carboxylic acids is 1. The first-order valence-corrected chi connectivity index (χ1v) is 6.19. The van der Waals surface area contributed by atoms with E-state index in [1.54, 1.807) is 12.1 Å². The van der Waals surface area contributed by atoms with E-state index in [2.05, 4.69) is 0 Å². The maximum Gasteiger partial charge on any atom is 0.342 e. The number of hydrogen-bond acceptors (Lipinski definition) is 5. The second-order valence-corrected chi connectivity index (χ2v) is 4.80.